The number of ether oxygens (including phenoxy) is 1. The Kier molecular flexibility index (Phi) is 8.35. The molecule has 0 radical (unpaired) electrons. The molecule has 2 unspecified atom stereocenters. The van der Waals surface area contributed by atoms with Crippen molar-refractivity contribution in [1.29, 1.82) is 0 Å². The average Bonchev–Trinajstić information content (AvgIpc) is 3.09. The van der Waals surface area contributed by atoms with Crippen LogP contribution in [-0.2, 0) is 16.1 Å². The minimum atomic E-state index is 0. The van der Waals surface area contributed by atoms with Crippen molar-refractivity contribution >= 4 is 35.8 Å². The maximum atomic E-state index is 11.8. The molecule has 3 heterocycles. The number of morpholine rings is 1. The van der Waals surface area contributed by atoms with Gasteiger partial charge in [0, 0.05) is 64.7 Å². The highest BCUT2D eigenvalue weighted by Gasteiger charge is 2.42. The Morgan fingerprint density at radius 3 is 2.90 bits per heavy atom. The number of guanidine groups is 1. The van der Waals surface area contributed by atoms with E-state index in [2.05, 4.69) is 55.8 Å². The Labute approximate surface area is 196 Å². The van der Waals surface area contributed by atoms with E-state index in [0.29, 0.717) is 6.42 Å². The van der Waals surface area contributed by atoms with Crippen molar-refractivity contribution in [2.75, 3.05) is 52.9 Å². The van der Waals surface area contributed by atoms with Crippen LogP contribution in [-0.4, -0.2) is 80.7 Å². The van der Waals surface area contributed by atoms with E-state index in [-0.39, 0.29) is 41.4 Å². The number of hydrogen-bond acceptors (Lipinski definition) is 4. The van der Waals surface area contributed by atoms with Crippen molar-refractivity contribution in [1.82, 2.24) is 20.4 Å². The van der Waals surface area contributed by atoms with Crippen molar-refractivity contribution < 1.29 is 9.53 Å². The summed E-state index contributed by atoms with van der Waals surface area (Å²) in [5.74, 6) is 1.11. The average molecular weight is 527 g/mol. The first-order valence-electron chi connectivity index (χ1n) is 10.8. The molecule has 7 nitrogen and oxygen atoms in total. The van der Waals surface area contributed by atoms with Gasteiger partial charge in [-0.1, -0.05) is 30.3 Å². The van der Waals surface area contributed by atoms with Gasteiger partial charge in [0.25, 0.3) is 0 Å². The minimum Gasteiger partial charge on any atom is -0.374 e. The Morgan fingerprint density at radius 1 is 1.33 bits per heavy atom. The van der Waals surface area contributed by atoms with Gasteiger partial charge in [0.1, 0.15) is 0 Å². The Hall–Kier alpha value is -1.39. The molecule has 1 amide bonds. The smallest absolute Gasteiger partial charge is 0.220 e. The van der Waals surface area contributed by atoms with E-state index in [1.54, 1.807) is 0 Å². The van der Waals surface area contributed by atoms with E-state index in [4.69, 9.17) is 4.74 Å². The predicted octanol–water partition coefficient (Wildman–Crippen LogP) is 1.68. The quantitative estimate of drug-likeness (QED) is 0.355. The first-order valence-corrected chi connectivity index (χ1v) is 10.8. The van der Waals surface area contributed by atoms with Crippen LogP contribution < -0.4 is 10.6 Å². The lowest BCUT2D eigenvalue weighted by Gasteiger charge is -2.41. The standard InChI is InChI=1S/C22H33N5O2.HI/c1-23-21(27-9-5-8-22(17-27)12-20(28)25-16-22)24-13-19-15-26(10-11-29-19)14-18-6-3-2-4-7-18;/h2-4,6-7,19H,5,8-17H2,1H3,(H,23,24)(H,25,28);1H. The second-order valence-corrected chi connectivity index (χ2v) is 8.62. The van der Waals surface area contributed by atoms with Gasteiger partial charge >= 0.3 is 0 Å². The number of hydrogen-bond donors (Lipinski definition) is 2. The molecule has 0 bridgehead atoms. The van der Waals surface area contributed by atoms with E-state index in [1.165, 1.54) is 5.56 Å². The van der Waals surface area contributed by atoms with Gasteiger partial charge in [-0.2, -0.15) is 0 Å². The summed E-state index contributed by atoms with van der Waals surface area (Å²) in [5.41, 5.74) is 1.41. The minimum absolute atomic E-state index is 0. The topological polar surface area (TPSA) is 69.2 Å². The summed E-state index contributed by atoms with van der Waals surface area (Å²) in [6.07, 6.45) is 3.00. The third kappa shape index (κ3) is 5.85. The number of likely N-dealkylation sites (tertiary alicyclic amines) is 1. The lowest BCUT2D eigenvalue weighted by molar-refractivity contribution is -0.119. The molecule has 30 heavy (non-hydrogen) atoms. The van der Waals surface area contributed by atoms with Crippen LogP contribution in [0.1, 0.15) is 24.8 Å². The summed E-state index contributed by atoms with van der Waals surface area (Å²) in [5, 5.41) is 6.54. The fourth-order valence-corrected chi connectivity index (χ4v) is 4.86. The van der Waals surface area contributed by atoms with Gasteiger partial charge in [0.2, 0.25) is 5.91 Å². The van der Waals surface area contributed by atoms with Crippen molar-refractivity contribution in [3.63, 3.8) is 0 Å². The number of aliphatic imine (C=N–C) groups is 1. The highest BCUT2D eigenvalue weighted by atomic mass is 127. The maximum Gasteiger partial charge on any atom is 0.220 e. The molecule has 8 heteroatoms. The highest BCUT2D eigenvalue weighted by molar-refractivity contribution is 14.0. The van der Waals surface area contributed by atoms with Crippen LogP contribution in [0.3, 0.4) is 0 Å². The second kappa shape index (κ2) is 10.8. The highest BCUT2D eigenvalue weighted by Crippen LogP contribution is 2.35. The molecule has 0 aromatic heterocycles. The molecule has 3 aliphatic heterocycles. The van der Waals surface area contributed by atoms with Crippen molar-refractivity contribution in [3.8, 4) is 0 Å². The molecule has 2 atom stereocenters. The first kappa shape index (κ1) is 23.3. The van der Waals surface area contributed by atoms with Crippen LogP contribution in [0, 0.1) is 5.41 Å². The summed E-state index contributed by atoms with van der Waals surface area (Å²) in [4.78, 5) is 21.0. The third-order valence-electron chi connectivity index (χ3n) is 6.33. The van der Waals surface area contributed by atoms with Crippen LogP contribution in [0.4, 0.5) is 0 Å². The zero-order valence-electron chi connectivity index (χ0n) is 17.8. The summed E-state index contributed by atoms with van der Waals surface area (Å²) in [7, 11) is 1.84. The molecule has 3 aliphatic rings. The van der Waals surface area contributed by atoms with Gasteiger partial charge in [-0.25, -0.2) is 0 Å². The lowest BCUT2D eigenvalue weighted by atomic mass is 9.79. The number of carbonyl (C=O) groups is 1. The Morgan fingerprint density at radius 2 is 2.17 bits per heavy atom. The molecular formula is C22H34IN5O2. The number of halogens is 1. The molecule has 1 aromatic carbocycles. The molecule has 3 fully saturated rings. The molecule has 0 saturated carbocycles. The zero-order chi connectivity index (χ0) is 20.1. The van der Waals surface area contributed by atoms with E-state index in [9.17, 15) is 4.79 Å². The SMILES string of the molecule is CN=C(NCC1CN(Cc2ccccc2)CCO1)N1CCCC2(CNC(=O)C2)C1.I. The molecule has 2 N–H and O–H groups in total. The lowest BCUT2D eigenvalue weighted by Crippen LogP contribution is -2.54. The normalized spacial score (nSPS) is 27.6. The van der Waals surface area contributed by atoms with Crippen molar-refractivity contribution in [2.24, 2.45) is 10.4 Å². The Bertz CT molecular complexity index is 731. The molecule has 0 aliphatic carbocycles. The van der Waals surface area contributed by atoms with Crippen LogP contribution in [0.15, 0.2) is 35.3 Å². The van der Waals surface area contributed by atoms with Gasteiger partial charge in [-0.05, 0) is 18.4 Å². The van der Waals surface area contributed by atoms with Crippen molar-refractivity contribution in [2.45, 2.75) is 31.9 Å². The molecule has 3 saturated heterocycles. The molecule has 1 aromatic rings. The fourth-order valence-electron chi connectivity index (χ4n) is 4.86. The summed E-state index contributed by atoms with van der Waals surface area (Å²) in [6.45, 7) is 7.02. The van der Waals surface area contributed by atoms with Gasteiger partial charge in [0.15, 0.2) is 5.96 Å². The number of rotatable bonds is 4. The molecular weight excluding hydrogens is 493 g/mol. The van der Waals surface area contributed by atoms with Gasteiger partial charge in [0.05, 0.1) is 12.7 Å². The van der Waals surface area contributed by atoms with Crippen LogP contribution in [0.5, 0.6) is 0 Å². The van der Waals surface area contributed by atoms with Crippen LogP contribution in [0.25, 0.3) is 0 Å². The van der Waals surface area contributed by atoms with E-state index < -0.39 is 0 Å². The molecule has 4 rings (SSSR count). The summed E-state index contributed by atoms with van der Waals surface area (Å²) < 4.78 is 6.00. The van der Waals surface area contributed by atoms with Crippen LogP contribution in [0.2, 0.25) is 0 Å². The number of carbonyl (C=O) groups excluding carboxylic acids is 1. The predicted molar refractivity (Wildman–Crippen MR) is 129 cm³/mol. The van der Waals surface area contributed by atoms with E-state index in [1.807, 2.05) is 7.05 Å². The number of piperidine rings is 1. The zero-order valence-corrected chi connectivity index (χ0v) is 20.1. The van der Waals surface area contributed by atoms with Gasteiger partial charge in [-0.15, -0.1) is 24.0 Å². The van der Waals surface area contributed by atoms with Crippen molar-refractivity contribution in [3.05, 3.63) is 35.9 Å². The number of nitrogens with zero attached hydrogens (tertiary/aromatic N) is 3. The largest absolute Gasteiger partial charge is 0.374 e. The monoisotopic (exact) mass is 527 g/mol. The van der Waals surface area contributed by atoms with E-state index >= 15 is 0 Å². The number of nitrogens with one attached hydrogen (secondary N) is 2. The Balaban J connectivity index is 0.00000256. The third-order valence-corrected chi connectivity index (χ3v) is 6.33. The summed E-state index contributed by atoms with van der Waals surface area (Å²) >= 11 is 0. The van der Waals surface area contributed by atoms with Gasteiger partial charge in [-0.3, -0.25) is 14.7 Å². The first-order chi connectivity index (χ1) is 14.2. The summed E-state index contributed by atoms with van der Waals surface area (Å²) in [6, 6.07) is 10.6. The fraction of sp³-hybridized carbons (Fsp3) is 0.636. The second-order valence-electron chi connectivity index (χ2n) is 8.62. The number of benzene rings is 1. The number of amides is 1. The molecule has 166 valence electrons. The van der Waals surface area contributed by atoms with Gasteiger partial charge < -0.3 is 20.3 Å². The van der Waals surface area contributed by atoms with Crippen LogP contribution >= 0.6 is 24.0 Å². The molecule has 1 spiro atoms. The maximum absolute atomic E-state index is 11.8. The van der Waals surface area contributed by atoms with E-state index in [0.717, 1.165) is 71.2 Å².